The van der Waals surface area contributed by atoms with E-state index in [-0.39, 0.29) is 16.8 Å². The quantitative estimate of drug-likeness (QED) is 0.564. The van der Waals surface area contributed by atoms with Crippen LogP contribution >= 0.6 is 0 Å². The van der Waals surface area contributed by atoms with Gasteiger partial charge in [-0.1, -0.05) is 12.1 Å². The van der Waals surface area contributed by atoms with Gasteiger partial charge in [0.1, 0.15) is 11.3 Å². The zero-order valence-electron chi connectivity index (χ0n) is 10.7. The lowest BCUT2D eigenvalue weighted by Crippen LogP contribution is -2.20. The highest BCUT2D eigenvalue weighted by atomic mass is 16.3. The third-order valence-electron chi connectivity index (χ3n) is 3.29. The Labute approximate surface area is 117 Å². The predicted octanol–water partition coefficient (Wildman–Crippen LogP) is 1.13. The summed E-state index contributed by atoms with van der Waals surface area (Å²) in [5, 5.41) is 21.9. The van der Waals surface area contributed by atoms with E-state index in [2.05, 4.69) is 15.3 Å². The van der Waals surface area contributed by atoms with E-state index in [9.17, 15) is 9.90 Å². The number of benzene rings is 1. The van der Waals surface area contributed by atoms with Crippen molar-refractivity contribution in [2.24, 2.45) is 0 Å². The molecule has 0 saturated heterocycles. The Hall–Kier alpha value is -3.22. The minimum atomic E-state index is -0.362. The molecule has 102 valence electrons. The van der Waals surface area contributed by atoms with Crippen molar-refractivity contribution in [3.63, 3.8) is 0 Å². The van der Waals surface area contributed by atoms with Crippen molar-refractivity contribution in [2.45, 2.75) is 0 Å². The molecule has 0 amide bonds. The zero-order chi connectivity index (χ0) is 14.4. The first-order chi connectivity index (χ1) is 10.3. The van der Waals surface area contributed by atoms with Crippen LogP contribution in [-0.2, 0) is 0 Å². The Kier molecular flexibility index (Phi) is 2.28. The van der Waals surface area contributed by atoms with Crippen LogP contribution in [0, 0.1) is 0 Å². The van der Waals surface area contributed by atoms with Gasteiger partial charge in [-0.05, 0) is 18.2 Å². The summed E-state index contributed by atoms with van der Waals surface area (Å²) in [4.78, 5) is 12.6. The second-order valence-electron chi connectivity index (χ2n) is 4.51. The fourth-order valence-corrected chi connectivity index (χ4v) is 2.30. The van der Waals surface area contributed by atoms with Gasteiger partial charge in [-0.3, -0.25) is 9.36 Å². The number of fused-ring (bicyclic) bond motifs is 3. The summed E-state index contributed by atoms with van der Waals surface area (Å²) < 4.78 is 2.89. The van der Waals surface area contributed by atoms with Gasteiger partial charge in [0.05, 0.1) is 11.9 Å². The van der Waals surface area contributed by atoms with Crippen molar-refractivity contribution >= 4 is 16.7 Å². The molecule has 0 aliphatic carbocycles. The average molecular weight is 279 g/mol. The maximum Gasteiger partial charge on any atom is 0.285 e. The summed E-state index contributed by atoms with van der Waals surface area (Å²) in [5.41, 5.74) is 1.37. The van der Waals surface area contributed by atoms with Crippen LogP contribution in [0.1, 0.15) is 0 Å². The number of phenolic OH excluding ortho intramolecular Hbond substituents is 1. The smallest absolute Gasteiger partial charge is 0.285 e. The van der Waals surface area contributed by atoms with Crippen molar-refractivity contribution < 1.29 is 5.11 Å². The molecule has 4 aromatic rings. The molecular formula is C14H9N5O2. The summed E-state index contributed by atoms with van der Waals surface area (Å²) in [7, 11) is 0. The maximum absolute atomic E-state index is 12.6. The van der Waals surface area contributed by atoms with Crippen LogP contribution < -0.4 is 5.56 Å². The van der Waals surface area contributed by atoms with Crippen LogP contribution in [0.15, 0.2) is 53.6 Å². The van der Waals surface area contributed by atoms with E-state index < -0.39 is 0 Å². The van der Waals surface area contributed by atoms with E-state index in [4.69, 9.17) is 0 Å². The number of hydrogen-bond donors (Lipinski definition) is 1. The molecule has 0 spiro atoms. The Morgan fingerprint density at radius 3 is 2.76 bits per heavy atom. The minimum Gasteiger partial charge on any atom is -0.506 e. The van der Waals surface area contributed by atoms with E-state index in [1.54, 1.807) is 47.2 Å². The summed E-state index contributed by atoms with van der Waals surface area (Å²) >= 11 is 0. The zero-order valence-corrected chi connectivity index (χ0v) is 10.7. The highest BCUT2D eigenvalue weighted by Crippen LogP contribution is 2.19. The number of pyridine rings is 1. The summed E-state index contributed by atoms with van der Waals surface area (Å²) in [6.45, 7) is 0. The van der Waals surface area contributed by atoms with Gasteiger partial charge in [0.25, 0.3) is 5.56 Å². The molecule has 3 aromatic heterocycles. The number of hydrogen-bond acceptors (Lipinski definition) is 5. The highest BCUT2D eigenvalue weighted by molar-refractivity contribution is 5.75. The summed E-state index contributed by atoms with van der Waals surface area (Å²) in [5.74, 6) is 0.0204. The molecule has 0 bridgehead atoms. The van der Waals surface area contributed by atoms with Gasteiger partial charge in [0, 0.05) is 12.3 Å². The molecule has 21 heavy (non-hydrogen) atoms. The van der Waals surface area contributed by atoms with Crippen LogP contribution in [0.3, 0.4) is 0 Å². The number of aromatic nitrogens is 5. The molecule has 7 nitrogen and oxygen atoms in total. The van der Waals surface area contributed by atoms with Gasteiger partial charge in [-0.25, -0.2) is 4.52 Å². The first-order valence-corrected chi connectivity index (χ1v) is 6.26. The third kappa shape index (κ3) is 1.61. The third-order valence-corrected chi connectivity index (χ3v) is 3.29. The first kappa shape index (κ1) is 11.6. The van der Waals surface area contributed by atoms with Crippen LogP contribution in [0.2, 0.25) is 0 Å². The van der Waals surface area contributed by atoms with Crippen LogP contribution in [0.5, 0.6) is 5.75 Å². The molecule has 4 rings (SSSR count). The predicted molar refractivity (Wildman–Crippen MR) is 75.5 cm³/mol. The average Bonchev–Trinajstić information content (AvgIpc) is 2.97. The summed E-state index contributed by atoms with van der Waals surface area (Å²) in [6.07, 6.45) is 3.18. The van der Waals surface area contributed by atoms with E-state index >= 15 is 0 Å². The monoisotopic (exact) mass is 279 g/mol. The van der Waals surface area contributed by atoms with Crippen molar-refractivity contribution in [1.82, 2.24) is 24.4 Å². The van der Waals surface area contributed by atoms with Crippen molar-refractivity contribution in [3.05, 3.63) is 59.1 Å². The first-order valence-electron chi connectivity index (χ1n) is 6.26. The number of nitrogens with zero attached hydrogens (tertiary/aromatic N) is 5. The fourth-order valence-electron chi connectivity index (χ4n) is 2.30. The fraction of sp³-hybridized carbons (Fsp3) is 0. The second-order valence-corrected chi connectivity index (χ2v) is 4.51. The van der Waals surface area contributed by atoms with E-state index in [0.717, 1.165) is 0 Å². The molecule has 1 N–H and O–H groups in total. The van der Waals surface area contributed by atoms with E-state index in [1.165, 1.54) is 10.6 Å². The molecule has 0 aliphatic rings. The molecule has 0 radical (unpaired) electrons. The molecule has 0 atom stereocenters. The molecule has 0 saturated carbocycles. The molecule has 0 fully saturated rings. The SMILES string of the molecule is O=c1c2nnc3ccnn3c2ccn1-c1ccccc1O. The highest BCUT2D eigenvalue weighted by Gasteiger charge is 2.11. The molecule has 3 heterocycles. The largest absolute Gasteiger partial charge is 0.506 e. The van der Waals surface area contributed by atoms with Crippen molar-refractivity contribution in [2.75, 3.05) is 0 Å². The maximum atomic E-state index is 12.6. The van der Waals surface area contributed by atoms with Gasteiger partial charge >= 0.3 is 0 Å². The van der Waals surface area contributed by atoms with E-state index in [0.29, 0.717) is 16.9 Å². The Morgan fingerprint density at radius 2 is 1.90 bits per heavy atom. The summed E-state index contributed by atoms with van der Waals surface area (Å²) in [6, 6.07) is 10.0. The molecule has 7 heteroatoms. The Morgan fingerprint density at radius 1 is 1.05 bits per heavy atom. The van der Waals surface area contributed by atoms with Crippen LogP contribution in [0.4, 0.5) is 0 Å². The number of rotatable bonds is 1. The second kappa shape index (κ2) is 4.14. The standard InChI is InChI=1S/C14H9N5O2/c20-11-4-2-1-3-9(11)18-8-6-10-13(14(18)21)17-16-12-5-7-15-19(10)12/h1-8,20H. The lowest BCUT2D eigenvalue weighted by atomic mass is 10.2. The lowest BCUT2D eigenvalue weighted by Gasteiger charge is -2.08. The van der Waals surface area contributed by atoms with Gasteiger partial charge in [-0.2, -0.15) is 5.10 Å². The number of phenols is 1. The Bertz CT molecular complexity index is 1030. The van der Waals surface area contributed by atoms with Gasteiger partial charge < -0.3 is 5.11 Å². The van der Waals surface area contributed by atoms with E-state index in [1.807, 2.05) is 0 Å². The molecule has 0 aliphatic heterocycles. The number of para-hydroxylation sites is 2. The topological polar surface area (TPSA) is 85.3 Å². The number of aromatic hydroxyl groups is 1. The van der Waals surface area contributed by atoms with Gasteiger partial charge in [0.2, 0.25) is 0 Å². The van der Waals surface area contributed by atoms with Gasteiger partial charge in [-0.15, -0.1) is 10.2 Å². The van der Waals surface area contributed by atoms with Gasteiger partial charge in [0.15, 0.2) is 11.2 Å². The lowest BCUT2D eigenvalue weighted by molar-refractivity contribution is 0.472. The molecule has 1 aromatic carbocycles. The minimum absolute atomic E-state index is 0.0204. The molecular weight excluding hydrogens is 270 g/mol. The normalized spacial score (nSPS) is 11.2. The van der Waals surface area contributed by atoms with Crippen molar-refractivity contribution in [1.29, 1.82) is 0 Å². The van der Waals surface area contributed by atoms with Crippen molar-refractivity contribution in [3.8, 4) is 11.4 Å². The molecule has 0 unspecified atom stereocenters. The van der Waals surface area contributed by atoms with Crippen LogP contribution in [-0.4, -0.2) is 29.5 Å². The van der Waals surface area contributed by atoms with Crippen LogP contribution in [0.25, 0.3) is 22.4 Å². The Balaban J connectivity index is 2.10.